The van der Waals surface area contributed by atoms with Gasteiger partial charge in [0, 0.05) is 22.6 Å². The molecule has 72 valence electrons. The highest BCUT2D eigenvalue weighted by molar-refractivity contribution is 6.35. The molecular weight excluding hydrogens is 196 g/mol. The van der Waals surface area contributed by atoms with Gasteiger partial charge in [-0.25, -0.2) is 0 Å². The van der Waals surface area contributed by atoms with Gasteiger partial charge in [0.2, 0.25) is 0 Å². The monoisotopic (exact) mass is 206 g/mol. The van der Waals surface area contributed by atoms with Crippen molar-refractivity contribution in [3.63, 3.8) is 0 Å². The van der Waals surface area contributed by atoms with E-state index in [0.29, 0.717) is 11.4 Å². The van der Waals surface area contributed by atoms with E-state index in [-0.39, 0.29) is 5.78 Å². The number of halogens is 1. The minimum Gasteiger partial charge on any atom is -0.294 e. The Morgan fingerprint density at radius 2 is 2.00 bits per heavy atom. The van der Waals surface area contributed by atoms with Crippen LogP contribution < -0.4 is 0 Å². The predicted molar refractivity (Wildman–Crippen MR) is 58.3 cm³/mol. The average Bonchev–Trinajstić information content (AvgIpc) is 2.20. The lowest BCUT2D eigenvalue weighted by molar-refractivity contribution is -0.114. The molecule has 14 heavy (non-hydrogen) atoms. The zero-order valence-corrected chi connectivity index (χ0v) is 8.55. The van der Waals surface area contributed by atoms with Gasteiger partial charge < -0.3 is 0 Å². The molecule has 1 aromatic rings. The second-order valence-electron chi connectivity index (χ2n) is 3.41. The second-order valence-corrected chi connectivity index (χ2v) is 3.82. The highest BCUT2D eigenvalue weighted by Crippen LogP contribution is 2.28. The molecule has 0 saturated heterocycles. The molecule has 0 N–H and O–H groups in total. The third-order valence-electron chi connectivity index (χ3n) is 2.42. The highest BCUT2D eigenvalue weighted by Gasteiger charge is 2.16. The summed E-state index contributed by atoms with van der Waals surface area (Å²) in [5, 5.41) is 0.661. The molecule has 0 atom stereocenters. The van der Waals surface area contributed by atoms with Crippen molar-refractivity contribution in [2.45, 2.75) is 19.3 Å². The van der Waals surface area contributed by atoms with E-state index in [1.807, 2.05) is 30.3 Å². The fraction of sp³-hybridized carbons (Fsp3) is 0.250. The van der Waals surface area contributed by atoms with Gasteiger partial charge in [0.05, 0.1) is 0 Å². The standard InChI is InChI=1S/C12H11ClO/c13-11-7-3-1-5-9(11)10-6-2-4-8-12(10)14/h1,3,5-7H,2,4,8H2. The van der Waals surface area contributed by atoms with Gasteiger partial charge in [-0.2, -0.15) is 0 Å². The molecule has 1 aliphatic rings. The van der Waals surface area contributed by atoms with Crippen LogP contribution in [0.2, 0.25) is 5.02 Å². The van der Waals surface area contributed by atoms with Gasteiger partial charge in [-0.15, -0.1) is 0 Å². The van der Waals surface area contributed by atoms with Gasteiger partial charge in [0.1, 0.15) is 0 Å². The van der Waals surface area contributed by atoms with Crippen LogP contribution in [0.3, 0.4) is 0 Å². The maximum Gasteiger partial charge on any atom is 0.163 e. The molecule has 1 aliphatic carbocycles. The normalized spacial score (nSPS) is 16.6. The van der Waals surface area contributed by atoms with E-state index < -0.39 is 0 Å². The van der Waals surface area contributed by atoms with Crippen LogP contribution in [0, 0.1) is 0 Å². The lowest BCUT2D eigenvalue weighted by atomic mass is 9.92. The van der Waals surface area contributed by atoms with Crippen molar-refractivity contribution < 1.29 is 4.79 Å². The zero-order valence-electron chi connectivity index (χ0n) is 7.79. The molecule has 0 amide bonds. The molecular formula is C12H11ClO. The van der Waals surface area contributed by atoms with E-state index >= 15 is 0 Å². The lowest BCUT2D eigenvalue weighted by Gasteiger charge is -2.12. The summed E-state index contributed by atoms with van der Waals surface area (Å²) in [6.07, 6.45) is 4.59. The Labute approximate surface area is 88.4 Å². The topological polar surface area (TPSA) is 17.1 Å². The lowest BCUT2D eigenvalue weighted by Crippen LogP contribution is -2.06. The maximum absolute atomic E-state index is 11.6. The average molecular weight is 207 g/mol. The number of ketones is 1. The summed E-state index contributed by atoms with van der Waals surface area (Å²) in [6.45, 7) is 0. The Balaban J connectivity index is 2.44. The number of benzene rings is 1. The molecule has 2 rings (SSSR count). The van der Waals surface area contributed by atoms with Crippen molar-refractivity contribution in [3.8, 4) is 0 Å². The van der Waals surface area contributed by atoms with E-state index in [1.54, 1.807) is 0 Å². The third-order valence-corrected chi connectivity index (χ3v) is 2.75. The third kappa shape index (κ3) is 1.73. The highest BCUT2D eigenvalue weighted by atomic mass is 35.5. The van der Waals surface area contributed by atoms with E-state index in [1.165, 1.54) is 0 Å². The number of hydrogen-bond donors (Lipinski definition) is 0. The minimum atomic E-state index is 0.212. The van der Waals surface area contributed by atoms with Crippen LogP contribution in [0.4, 0.5) is 0 Å². The van der Waals surface area contributed by atoms with Crippen LogP contribution >= 0.6 is 11.6 Å². The molecule has 0 saturated carbocycles. The van der Waals surface area contributed by atoms with Crippen LogP contribution in [0.25, 0.3) is 5.57 Å². The molecule has 0 aliphatic heterocycles. The van der Waals surface area contributed by atoms with Crippen LogP contribution in [0.15, 0.2) is 30.3 Å². The Bertz CT molecular complexity index is 393. The molecule has 0 fully saturated rings. The Morgan fingerprint density at radius 1 is 1.21 bits per heavy atom. The van der Waals surface area contributed by atoms with Crippen molar-refractivity contribution in [1.29, 1.82) is 0 Å². The molecule has 0 aromatic heterocycles. The van der Waals surface area contributed by atoms with Crippen molar-refractivity contribution in [3.05, 3.63) is 40.9 Å². The first kappa shape index (κ1) is 9.47. The number of carbonyl (C=O) groups excluding carboxylic acids is 1. The van der Waals surface area contributed by atoms with Gasteiger partial charge in [-0.3, -0.25) is 4.79 Å². The van der Waals surface area contributed by atoms with Gasteiger partial charge >= 0.3 is 0 Å². The Morgan fingerprint density at radius 3 is 2.71 bits per heavy atom. The van der Waals surface area contributed by atoms with Crippen LogP contribution in [-0.2, 0) is 4.79 Å². The molecule has 1 nitrogen and oxygen atoms in total. The van der Waals surface area contributed by atoms with Crippen LogP contribution in [0.1, 0.15) is 24.8 Å². The Kier molecular flexibility index (Phi) is 2.69. The molecule has 2 heteroatoms. The summed E-state index contributed by atoms with van der Waals surface area (Å²) >= 11 is 6.03. The molecule has 0 radical (unpaired) electrons. The first-order valence-electron chi connectivity index (χ1n) is 4.77. The van der Waals surface area contributed by atoms with Gasteiger partial charge in [0.25, 0.3) is 0 Å². The van der Waals surface area contributed by atoms with Crippen LogP contribution in [-0.4, -0.2) is 5.78 Å². The molecule has 0 heterocycles. The van der Waals surface area contributed by atoms with Gasteiger partial charge in [-0.05, 0) is 18.9 Å². The number of allylic oxidation sites excluding steroid dienone is 2. The minimum absolute atomic E-state index is 0.212. The maximum atomic E-state index is 11.6. The second kappa shape index (κ2) is 3.97. The first-order chi connectivity index (χ1) is 6.79. The number of Topliss-reactive ketones (excluding diaryl/α,β-unsaturated/α-hetero) is 1. The Hall–Kier alpha value is -1.08. The molecule has 0 unspecified atom stereocenters. The number of rotatable bonds is 1. The van der Waals surface area contributed by atoms with E-state index in [4.69, 9.17) is 11.6 Å². The van der Waals surface area contributed by atoms with Crippen molar-refractivity contribution in [2.24, 2.45) is 0 Å². The largest absolute Gasteiger partial charge is 0.294 e. The smallest absolute Gasteiger partial charge is 0.163 e. The summed E-state index contributed by atoms with van der Waals surface area (Å²) in [7, 11) is 0. The fourth-order valence-corrected chi connectivity index (χ4v) is 1.93. The first-order valence-corrected chi connectivity index (χ1v) is 5.15. The van der Waals surface area contributed by atoms with Crippen LogP contribution in [0.5, 0.6) is 0 Å². The van der Waals surface area contributed by atoms with Crippen molar-refractivity contribution in [1.82, 2.24) is 0 Å². The van der Waals surface area contributed by atoms with Gasteiger partial charge in [0.15, 0.2) is 5.78 Å². The number of hydrogen-bond acceptors (Lipinski definition) is 1. The summed E-state index contributed by atoms with van der Waals surface area (Å²) in [5.41, 5.74) is 1.67. The summed E-state index contributed by atoms with van der Waals surface area (Å²) in [6, 6.07) is 7.50. The van der Waals surface area contributed by atoms with E-state index in [9.17, 15) is 4.79 Å². The predicted octanol–water partition coefficient (Wildman–Crippen LogP) is 3.48. The van der Waals surface area contributed by atoms with Gasteiger partial charge in [-0.1, -0.05) is 35.9 Å². The number of carbonyl (C=O) groups is 1. The van der Waals surface area contributed by atoms with E-state index in [2.05, 4.69) is 0 Å². The quantitative estimate of drug-likeness (QED) is 0.688. The van der Waals surface area contributed by atoms with Crippen molar-refractivity contribution in [2.75, 3.05) is 0 Å². The summed E-state index contributed by atoms with van der Waals surface area (Å²) < 4.78 is 0. The zero-order chi connectivity index (χ0) is 9.97. The molecule has 0 spiro atoms. The fourth-order valence-electron chi connectivity index (χ4n) is 1.70. The SMILES string of the molecule is O=C1CCCC=C1c1ccccc1Cl. The van der Waals surface area contributed by atoms with Crippen molar-refractivity contribution >= 4 is 23.0 Å². The summed E-state index contributed by atoms with van der Waals surface area (Å²) in [4.78, 5) is 11.6. The molecule has 0 bridgehead atoms. The van der Waals surface area contributed by atoms with E-state index in [0.717, 1.165) is 24.0 Å². The molecule has 1 aromatic carbocycles. The summed E-state index contributed by atoms with van der Waals surface area (Å²) in [5.74, 6) is 0.212.